The number of thioether (sulfide) groups is 1. The number of benzene rings is 2. The monoisotopic (exact) mass is 324 g/mol. The van der Waals surface area contributed by atoms with Gasteiger partial charge < -0.3 is 4.74 Å². The number of esters is 1. The number of hydrogen-bond donors (Lipinski definition) is 0. The molecule has 0 fully saturated rings. The van der Waals surface area contributed by atoms with Crippen molar-refractivity contribution in [3.05, 3.63) is 83.9 Å². The molecule has 0 aliphatic carbocycles. The van der Waals surface area contributed by atoms with Crippen LogP contribution in [0.2, 0.25) is 0 Å². The van der Waals surface area contributed by atoms with E-state index in [4.69, 9.17) is 4.74 Å². The zero-order valence-electron chi connectivity index (χ0n) is 13.1. The first-order valence-electron chi connectivity index (χ1n) is 7.90. The second-order valence-electron chi connectivity index (χ2n) is 5.46. The molecule has 0 spiro atoms. The van der Waals surface area contributed by atoms with Crippen molar-refractivity contribution in [2.45, 2.75) is 23.3 Å². The minimum atomic E-state index is -0.215. The van der Waals surface area contributed by atoms with Gasteiger partial charge in [0, 0.05) is 11.2 Å². The highest BCUT2D eigenvalue weighted by atomic mass is 32.2. The van der Waals surface area contributed by atoms with Crippen LogP contribution in [0.5, 0.6) is 0 Å². The van der Waals surface area contributed by atoms with E-state index in [1.54, 1.807) is 11.8 Å². The molecule has 1 unspecified atom stereocenters. The molecule has 3 atom stereocenters. The normalized spacial score (nSPS) is 23.4. The van der Waals surface area contributed by atoms with E-state index in [0.29, 0.717) is 6.61 Å². The van der Waals surface area contributed by atoms with Crippen LogP contribution in [0.25, 0.3) is 0 Å². The molecular weight excluding hydrogens is 304 g/mol. The van der Waals surface area contributed by atoms with Crippen LogP contribution in [0, 0.1) is 0 Å². The summed E-state index contributed by atoms with van der Waals surface area (Å²) < 4.78 is 5.32. The van der Waals surface area contributed by atoms with E-state index in [9.17, 15) is 4.79 Å². The van der Waals surface area contributed by atoms with Crippen molar-refractivity contribution in [2.75, 3.05) is 6.61 Å². The lowest BCUT2D eigenvalue weighted by atomic mass is 9.93. The van der Waals surface area contributed by atoms with Crippen LogP contribution in [0.15, 0.2) is 72.8 Å². The van der Waals surface area contributed by atoms with E-state index in [1.807, 2.05) is 43.3 Å². The molecule has 0 radical (unpaired) electrons. The molecule has 2 aromatic carbocycles. The number of carbonyl (C=O) groups excluding carboxylic acids is 1. The Morgan fingerprint density at radius 2 is 1.57 bits per heavy atom. The first kappa shape index (κ1) is 15.9. The molecule has 0 amide bonds. The standard InChI is InChI=1S/C20H20O2S/c1-2-22-20(21)19-17(15-9-5-3-6-10-15)13-14-18(23-19)16-11-7-4-8-12-16/h3-14,17-19H,2H2,1H3/t17-,18+,19?/m1/s1. The van der Waals surface area contributed by atoms with Crippen LogP contribution in [-0.4, -0.2) is 17.8 Å². The molecule has 0 saturated heterocycles. The molecule has 3 heteroatoms. The number of allylic oxidation sites excluding steroid dienone is 1. The van der Waals surface area contributed by atoms with Crippen molar-refractivity contribution >= 4 is 17.7 Å². The number of carbonyl (C=O) groups is 1. The lowest BCUT2D eigenvalue weighted by molar-refractivity contribution is -0.142. The number of rotatable bonds is 4. The smallest absolute Gasteiger partial charge is 0.320 e. The van der Waals surface area contributed by atoms with Gasteiger partial charge in [0.2, 0.25) is 0 Å². The molecule has 0 aromatic heterocycles. The van der Waals surface area contributed by atoms with Crippen molar-refractivity contribution in [3.8, 4) is 0 Å². The highest BCUT2D eigenvalue weighted by molar-refractivity contribution is 8.01. The molecule has 1 aliphatic rings. The molecule has 0 N–H and O–H groups in total. The second-order valence-corrected chi connectivity index (χ2v) is 6.75. The maximum Gasteiger partial charge on any atom is 0.320 e. The van der Waals surface area contributed by atoms with Gasteiger partial charge in [0.25, 0.3) is 0 Å². The topological polar surface area (TPSA) is 26.3 Å². The molecule has 0 saturated carbocycles. The van der Waals surface area contributed by atoms with Gasteiger partial charge in [-0.15, -0.1) is 11.8 Å². The van der Waals surface area contributed by atoms with Crippen molar-refractivity contribution < 1.29 is 9.53 Å². The molecule has 1 heterocycles. The SMILES string of the molecule is CCOC(=O)C1S[C@H](c2ccccc2)C=C[C@@H]1c1ccccc1. The number of ether oxygens (including phenoxy) is 1. The fourth-order valence-corrected chi connectivity index (χ4v) is 4.24. The first-order chi connectivity index (χ1) is 11.3. The minimum absolute atomic E-state index is 0.0558. The van der Waals surface area contributed by atoms with Crippen molar-refractivity contribution in [2.24, 2.45) is 0 Å². The summed E-state index contributed by atoms with van der Waals surface area (Å²) in [5.41, 5.74) is 2.37. The third-order valence-corrected chi connectivity index (χ3v) is 5.45. The highest BCUT2D eigenvalue weighted by Gasteiger charge is 2.35. The zero-order chi connectivity index (χ0) is 16.1. The van der Waals surface area contributed by atoms with Gasteiger partial charge in [-0.05, 0) is 18.1 Å². The van der Waals surface area contributed by atoms with Gasteiger partial charge in [-0.2, -0.15) is 0 Å². The van der Waals surface area contributed by atoms with Crippen molar-refractivity contribution in [1.82, 2.24) is 0 Å². The van der Waals surface area contributed by atoms with Gasteiger partial charge in [-0.1, -0.05) is 72.8 Å². The molecule has 23 heavy (non-hydrogen) atoms. The summed E-state index contributed by atoms with van der Waals surface area (Å²) in [6.45, 7) is 2.27. The van der Waals surface area contributed by atoms with Gasteiger partial charge in [0.05, 0.1) is 6.61 Å². The molecule has 3 rings (SSSR count). The van der Waals surface area contributed by atoms with Gasteiger partial charge in [0.1, 0.15) is 5.25 Å². The second kappa shape index (κ2) is 7.51. The largest absolute Gasteiger partial charge is 0.465 e. The fourth-order valence-electron chi connectivity index (χ4n) is 2.83. The van der Waals surface area contributed by atoms with Gasteiger partial charge in [-0.3, -0.25) is 4.79 Å². The zero-order valence-corrected chi connectivity index (χ0v) is 13.9. The van der Waals surface area contributed by atoms with E-state index in [0.717, 1.165) is 5.56 Å². The summed E-state index contributed by atoms with van der Waals surface area (Å²) in [5, 5.41) is -0.0295. The van der Waals surface area contributed by atoms with Gasteiger partial charge >= 0.3 is 5.97 Å². The molecule has 2 aromatic rings. The van der Waals surface area contributed by atoms with Crippen molar-refractivity contribution in [1.29, 1.82) is 0 Å². The van der Waals surface area contributed by atoms with Crippen molar-refractivity contribution in [3.63, 3.8) is 0 Å². The van der Waals surface area contributed by atoms with E-state index in [1.165, 1.54) is 5.56 Å². The number of hydrogen-bond acceptors (Lipinski definition) is 3. The third kappa shape index (κ3) is 3.67. The van der Waals surface area contributed by atoms with Crippen LogP contribution in [0.3, 0.4) is 0 Å². The minimum Gasteiger partial charge on any atom is -0.465 e. The Kier molecular flexibility index (Phi) is 5.19. The molecule has 2 nitrogen and oxygen atoms in total. The average molecular weight is 324 g/mol. The summed E-state index contributed by atoms with van der Waals surface area (Å²) in [7, 11) is 0. The van der Waals surface area contributed by atoms with Crippen LogP contribution >= 0.6 is 11.8 Å². The first-order valence-corrected chi connectivity index (χ1v) is 8.84. The fraction of sp³-hybridized carbons (Fsp3) is 0.250. The van der Waals surface area contributed by atoms with Crippen LogP contribution in [-0.2, 0) is 9.53 Å². The van der Waals surface area contributed by atoms with Crippen LogP contribution < -0.4 is 0 Å². The summed E-state index contributed by atoms with van der Waals surface area (Å²) in [4.78, 5) is 12.5. The molecule has 0 bridgehead atoms. The Labute approximate surface area is 141 Å². The molecular formula is C20H20O2S. The van der Waals surface area contributed by atoms with E-state index >= 15 is 0 Å². The lowest BCUT2D eigenvalue weighted by Gasteiger charge is -2.30. The van der Waals surface area contributed by atoms with E-state index in [-0.39, 0.29) is 22.4 Å². The predicted octanol–water partition coefficient (Wildman–Crippen LogP) is 4.75. The lowest BCUT2D eigenvalue weighted by Crippen LogP contribution is -2.29. The average Bonchev–Trinajstić information content (AvgIpc) is 2.63. The van der Waals surface area contributed by atoms with E-state index < -0.39 is 0 Å². The highest BCUT2D eigenvalue weighted by Crippen LogP contribution is 2.44. The third-order valence-electron chi connectivity index (χ3n) is 3.94. The Bertz CT molecular complexity index is 667. The van der Waals surface area contributed by atoms with Gasteiger partial charge in [-0.25, -0.2) is 0 Å². The van der Waals surface area contributed by atoms with Gasteiger partial charge in [0.15, 0.2) is 0 Å². The summed E-state index contributed by atoms with van der Waals surface area (Å²) in [5.74, 6) is -0.0724. The summed E-state index contributed by atoms with van der Waals surface area (Å²) >= 11 is 1.67. The summed E-state index contributed by atoms with van der Waals surface area (Å²) in [6.07, 6.45) is 4.36. The van der Waals surface area contributed by atoms with Crippen LogP contribution in [0.4, 0.5) is 0 Å². The quantitative estimate of drug-likeness (QED) is 0.600. The molecule has 1 aliphatic heterocycles. The maximum atomic E-state index is 12.5. The van der Waals surface area contributed by atoms with Crippen LogP contribution in [0.1, 0.15) is 29.2 Å². The Balaban J connectivity index is 1.91. The Morgan fingerprint density at radius 1 is 0.957 bits per heavy atom. The molecule has 118 valence electrons. The van der Waals surface area contributed by atoms with E-state index in [2.05, 4.69) is 36.4 Å². The Morgan fingerprint density at radius 3 is 2.17 bits per heavy atom. The predicted molar refractivity (Wildman–Crippen MR) is 95.5 cm³/mol. The summed E-state index contributed by atoms with van der Waals surface area (Å²) in [6, 6.07) is 20.5. The Hall–Kier alpha value is -2.00. The maximum absolute atomic E-state index is 12.5.